The number of anilines is 1. The molecule has 0 aliphatic heterocycles. The molecule has 0 aliphatic rings. The second-order valence-corrected chi connectivity index (χ2v) is 4.46. The Morgan fingerprint density at radius 2 is 2.39 bits per heavy atom. The first-order valence-electron chi connectivity index (χ1n) is 5.18. The maximum atomic E-state index is 10.8. The van der Waals surface area contributed by atoms with Crippen molar-refractivity contribution in [2.24, 2.45) is 0 Å². The highest BCUT2D eigenvalue weighted by molar-refractivity contribution is 7.09. The van der Waals surface area contributed by atoms with E-state index in [2.05, 4.69) is 10.3 Å². The first-order chi connectivity index (χ1) is 8.69. The molecule has 0 atom stereocenters. The summed E-state index contributed by atoms with van der Waals surface area (Å²) in [6.07, 6.45) is 0. The summed E-state index contributed by atoms with van der Waals surface area (Å²) in [7, 11) is 1.65. The third kappa shape index (κ3) is 2.95. The normalized spacial score (nSPS) is 10.1. The summed E-state index contributed by atoms with van der Waals surface area (Å²) in [6, 6.07) is 6.52. The quantitative estimate of drug-likeness (QED) is 0.664. The van der Waals surface area contributed by atoms with Crippen molar-refractivity contribution in [3.8, 4) is 5.88 Å². The van der Waals surface area contributed by atoms with Crippen molar-refractivity contribution in [3.63, 3.8) is 0 Å². The van der Waals surface area contributed by atoms with Crippen LogP contribution in [0.1, 0.15) is 4.88 Å². The molecule has 2 aromatic rings. The minimum Gasteiger partial charge on any atom is -0.472 e. The molecule has 94 valence electrons. The number of nitrogens with zero attached hydrogens (tertiary/aromatic N) is 2. The molecule has 2 heterocycles. The summed E-state index contributed by atoms with van der Waals surface area (Å²) in [5.74, 6) is 0.646. The van der Waals surface area contributed by atoms with Gasteiger partial charge in [-0.25, -0.2) is 0 Å². The summed E-state index contributed by atoms with van der Waals surface area (Å²) < 4.78 is 5.44. The number of nitro groups is 1. The number of nitrogens with one attached hydrogen (secondary N) is 1. The average Bonchev–Trinajstić information content (AvgIpc) is 2.89. The van der Waals surface area contributed by atoms with Gasteiger partial charge in [0.05, 0.1) is 17.1 Å². The van der Waals surface area contributed by atoms with E-state index in [-0.39, 0.29) is 11.6 Å². The highest BCUT2D eigenvalue weighted by Crippen LogP contribution is 2.23. The summed E-state index contributed by atoms with van der Waals surface area (Å²) >= 11 is 1.56. The molecule has 0 spiro atoms. The highest BCUT2D eigenvalue weighted by Gasteiger charge is 2.11. The number of rotatable bonds is 5. The molecule has 0 bridgehead atoms. The van der Waals surface area contributed by atoms with Gasteiger partial charge in [0, 0.05) is 11.9 Å². The number of hydrogen-bond acceptors (Lipinski definition) is 6. The largest absolute Gasteiger partial charge is 0.472 e. The Labute approximate surface area is 107 Å². The monoisotopic (exact) mass is 265 g/mol. The van der Waals surface area contributed by atoms with Crippen LogP contribution in [0.3, 0.4) is 0 Å². The second-order valence-electron chi connectivity index (χ2n) is 3.42. The van der Waals surface area contributed by atoms with Crippen LogP contribution in [0.2, 0.25) is 0 Å². The highest BCUT2D eigenvalue weighted by atomic mass is 32.1. The van der Waals surface area contributed by atoms with Crippen molar-refractivity contribution in [1.29, 1.82) is 0 Å². The Bertz CT molecular complexity index is 542. The topological polar surface area (TPSA) is 77.3 Å². The molecule has 7 heteroatoms. The van der Waals surface area contributed by atoms with Gasteiger partial charge in [0.1, 0.15) is 12.4 Å². The molecule has 0 fully saturated rings. The van der Waals surface area contributed by atoms with Crippen LogP contribution in [0, 0.1) is 10.1 Å². The molecule has 0 saturated carbocycles. The SMILES string of the molecule is CNc1cc([N+](=O)[O-])cc(OCc2cccs2)n1. The first kappa shape index (κ1) is 12.3. The van der Waals surface area contributed by atoms with Gasteiger partial charge in [0.2, 0.25) is 5.88 Å². The lowest BCUT2D eigenvalue weighted by Gasteiger charge is -2.06. The zero-order valence-corrected chi connectivity index (χ0v) is 10.4. The number of pyridine rings is 1. The fourth-order valence-electron chi connectivity index (χ4n) is 1.34. The van der Waals surface area contributed by atoms with Crippen LogP contribution in [0.4, 0.5) is 11.5 Å². The lowest BCUT2D eigenvalue weighted by Crippen LogP contribution is -2.00. The van der Waals surface area contributed by atoms with E-state index in [1.54, 1.807) is 18.4 Å². The Morgan fingerprint density at radius 3 is 3.00 bits per heavy atom. The van der Waals surface area contributed by atoms with Gasteiger partial charge in [-0.05, 0) is 11.4 Å². The van der Waals surface area contributed by atoms with Gasteiger partial charge < -0.3 is 10.1 Å². The molecular formula is C11H11N3O3S. The van der Waals surface area contributed by atoms with Crippen LogP contribution in [0.25, 0.3) is 0 Å². The van der Waals surface area contributed by atoms with Crippen LogP contribution < -0.4 is 10.1 Å². The molecule has 1 N–H and O–H groups in total. The van der Waals surface area contributed by atoms with Crippen LogP contribution >= 0.6 is 11.3 Å². The third-order valence-corrected chi connectivity index (χ3v) is 3.05. The molecule has 18 heavy (non-hydrogen) atoms. The van der Waals surface area contributed by atoms with Crippen LogP contribution in [-0.2, 0) is 6.61 Å². The fourth-order valence-corrected chi connectivity index (χ4v) is 1.95. The first-order valence-corrected chi connectivity index (χ1v) is 6.06. The van der Waals surface area contributed by atoms with Gasteiger partial charge >= 0.3 is 0 Å². The molecule has 0 amide bonds. The molecule has 0 aliphatic carbocycles. The number of thiophene rings is 1. The zero-order valence-electron chi connectivity index (χ0n) is 9.62. The van der Waals surface area contributed by atoms with Crippen molar-refractivity contribution in [2.45, 2.75) is 6.61 Å². The van der Waals surface area contributed by atoms with E-state index < -0.39 is 4.92 Å². The van der Waals surface area contributed by atoms with Crippen LogP contribution in [0.5, 0.6) is 5.88 Å². The molecule has 2 rings (SSSR count). The number of hydrogen-bond donors (Lipinski definition) is 1. The van der Waals surface area contributed by atoms with Crippen molar-refractivity contribution >= 4 is 22.8 Å². The van der Waals surface area contributed by atoms with Gasteiger partial charge in [0.25, 0.3) is 5.69 Å². The van der Waals surface area contributed by atoms with Gasteiger partial charge in [-0.15, -0.1) is 11.3 Å². The van der Waals surface area contributed by atoms with E-state index in [1.807, 2.05) is 17.5 Å². The predicted octanol–water partition coefficient (Wildman–Crippen LogP) is 2.67. The van der Waals surface area contributed by atoms with Gasteiger partial charge in [0.15, 0.2) is 0 Å². The maximum Gasteiger partial charge on any atom is 0.278 e. The third-order valence-electron chi connectivity index (χ3n) is 2.20. The van der Waals surface area contributed by atoms with E-state index in [9.17, 15) is 10.1 Å². The summed E-state index contributed by atoms with van der Waals surface area (Å²) in [6.45, 7) is 0.356. The Balaban J connectivity index is 2.16. The molecule has 0 aromatic carbocycles. The van der Waals surface area contributed by atoms with Crippen molar-refractivity contribution < 1.29 is 9.66 Å². The molecular weight excluding hydrogens is 254 g/mol. The number of ether oxygens (including phenoxy) is 1. The van der Waals surface area contributed by atoms with Gasteiger partial charge in [-0.2, -0.15) is 4.98 Å². The summed E-state index contributed by atoms with van der Waals surface area (Å²) in [5, 5.41) is 15.5. The summed E-state index contributed by atoms with van der Waals surface area (Å²) in [4.78, 5) is 15.4. The van der Waals surface area contributed by atoms with Crippen molar-refractivity contribution in [2.75, 3.05) is 12.4 Å². The minimum absolute atomic E-state index is 0.0458. The van der Waals surface area contributed by atoms with Crippen molar-refractivity contribution in [1.82, 2.24) is 4.98 Å². The van der Waals surface area contributed by atoms with Crippen molar-refractivity contribution in [3.05, 3.63) is 44.6 Å². The van der Waals surface area contributed by atoms with Crippen LogP contribution in [0.15, 0.2) is 29.6 Å². The molecule has 0 saturated heterocycles. The second kappa shape index (κ2) is 5.46. The predicted molar refractivity (Wildman–Crippen MR) is 69.1 cm³/mol. The van der Waals surface area contributed by atoms with Crippen LogP contribution in [-0.4, -0.2) is 17.0 Å². The van der Waals surface area contributed by atoms with Gasteiger partial charge in [-0.3, -0.25) is 10.1 Å². The Kier molecular flexibility index (Phi) is 3.73. The van der Waals surface area contributed by atoms with Gasteiger partial charge in [-0.1, -0.05) is 6.07 Å². The smallest absolute Gasteiger partial charge is 0.278 e. The average molecular weight is 265 g/mol. The summed E-state index contributed by atoms with van der Waals surface area (Å²) in [5.41, 5.74) is -0.0458. The fraction of sp³-hybridized carbons (Fsp3) is 0.182. The van der Waals surface area contributed by atoms with E-state index in [4.69, 9.17) is 4.74 Å². The Morgan fingerprint density at radius 1 is 1.56 bits per heavy atom. The van der Waals surface area contributed by atoms with E-state index in [1.165, 1.54) is 12.1 Å². The lowest BCUT2D eigenvalue weighted by atomic mass is 10.4. The van der Waals surface area contributed by atoms with E-state index >= 15 is 0 Å². The Hall–Kier alpha value is -2.15. The molecule has 2 aromatic heterocycles. The number of aromatic nitrogens is 1. The van der Waals surface area contributed by atoms with E-state index in [0.717, 1.165) is 4.88 Å². The minimum atomic E-state index is -0.472. The standard InChI is InChI=1S/C11H11N3O3S/c1-12-10-5-8(14(15)16)6-11(13-10)17-7-9-3-2-4-18-9/h2-6H,7H2,1H3,(H,12,13). The molecule has 0 radical (unpaired) electrons. The molecule has 6 nitrogen and oxygen atoms in total. The lowest BCUT2D eigenvalue weighted by molar-refractivity contribution is -0.384. The van der Waals surface area contributed by atoms with E-state index in [0.29, 0.717) is 12.4 Å². The maximum absolute atomic E-state index is 10.8. The zero-order chi connectivity index (χ0) is 13.0. The molecule has 0 unspecified atom stereocenters.